The molecule has 0 heterocycles. The molecule has 0 bridgehead atoms. The molecule has 3 atom stereocenters. The van der Waals surface area contributed by atoms with E-state index in [0.717, 1.165) is 57.8 Å². The second-order valence-electron chi connectivity index (χ2n) is 15.4. The van der Waals surface area contributed by atoms with Crippen molar-refractivity contribution in [3.8, 4) is 0 Å². The number of rotatable bonds is 37. The molecule has 9 heteroatoms. The number of nitrogens with one attached hydrogen (secondary N) is 1. The van der Waals surface area contributed by atoms with E-state index < -0.39 is 20.0 Å². The van der Waals surface area contributed by atoms with E-state index in [0.29, 0.717) is 23.9 Å². The molecule has 292 valence electrons. The summed E-state index contributed by atoms with van der Waals surface area (Å²) >= 11 is 0. The molecule has 3 unspecified atom stereocenters. The maximum absolute atomic E-state index is 12.8. The first-order chi connectivity index (χ1) is 23.5. The van der Waals surface area contributed by atoms with Crippen molar-refractivity contribution in [2.24, 2.45) is 0 Å². The van der Waals surface area contributed by atoms with Crippen molar-refractivity contribution >= 4 is 13.7 Å². The Morgan fingerprint density at radius 1 is 0.673 bits per heavy atom. The first-order valence-electron chi connectivity index (χ1n) is 20.6. The van der Waals surface area contributed by atoms with E-state index in [1.807, 2.05) is 21.1 Å². The van der Waals surface area contributed by atoms with Gasteiger partial charge in [0.05, 0.1) is 39.9 Å². The molecule has 1 amide bonds. The number of aliphatic hydroxyl groups is 1. The van der Waals surface area contributed by atoms with E-state index in [-0.39, 0.29) is 19.1 Å². The zero-order chi connectivity index (χ0) is 36.5. The van der Waals surface area contributed by atoms with Gasteiger partial charge in [0.15, 0.2) is 0 Å². The number of amides is 1. The minimum Gasteiger partial charge on any atom is -0.391 e. The topological polar surface area (TPSA) is 105 Å². The molecular formula is C40H82N2O6P+. The number of likely N-dealkylation sites (N-methyl/N-ethyl adjacent to an activating group) is 1. The van der Waals surface area contributed by atoms with Crippen molar-refractivity contribution in [1.29, 1.82) is 0 Å². The molecule has 0 aliphatic heterocycles. The Balaban J connectivity index is 4.36. The van der Waals surface area contributed by atoms with Crippen molar-refractivity contribution in [1.82, 2.24) is 5.32 Å². The molecule has 0 aliphatic rings. The summed E-state index contributed by atoms with van der Waals surface area (Å²) in [6, 6.07) is -0.758. The van der Waals surface area contributed by atoms with Crippen molar-refractivity contribution in [2.45, 2.75) is 199 Å². The molecule has 0 radical (unpaired) electrons. The van der Waals surface area contributed by atoms with Crippen LogP contribution in [0.25, 0.3) is 0 Å². The van der Waals surface area contributed by atoms with Gasteiger partial charge >= 0.3 is 7.82 Å². The first-order valence-corrected chi connectivity index (χ1v) is 22.0. The molecule has 0 aromatic heterocycles. The maximum Gasteiger partial charge on any atom is 0.472 e. The summed E-state index contributed by atoms with van der Waals surface area (Å²) in [6.45, 7) is 4.81. The molecule has 49 heavy (non-hydrogen) atoms. The lowest BCUT2D eigenvalue weighted by Crippen LogP contribution is -2.46. The summed E-state index contributed by atoms with van der Waals surface area (Å²) in [5, 5.41) is 13.9. The van der Waals surface area contributed by atoms with Crippen LogP contribution in [-0.4, -0.2) is 73.4 Å². The minimum absolute atomic E-state index is 0.0745. The number of aliphatic hydroxyl groups excluding tert-OH is 1. The minimum atomic E-state index is -4.30. The fourth-order valence-electron chi connectivity index (χ4n) is 5.93. The molecule has 8 nitrogen and oxygen atoms in total. The van der Waals surface area contributed by atoms with Gasteiger partial charge in [0.25, 0.3) is 0 Å². The van der Waals surface area contributed by atoms with Gasteiger partial charge in [-0.15, -0.1) is 0 Å². The van der Waals surface area contributed by atoms with Crippen molar-refractivity contribution < 1.29 is 32.9 Å². The SMILES string of the molecule is CCC/C=C\CCCCCCCC(=O)NC(COP(=O)(O)OCC[N+](C)(C)C)C(O)CCCCCCCCCCCCCCCCCCC. The lowest BCUT2D eigenvalue weighted by molar-refractivity contribution is -0.870. The summed E-state index contributed by atoms with van der Waals surface area (Å²) in [6.07, 6.45) is 35.2. The highest BCUT2D eigenvalue weighted by Crippen LogP contribution is 2.43. The standard InChI is InChI=1S/C40H81N2O6P/c1-6-8-10-12-14-16-18-19-20-21-22-23-24-25-27-29-31-33-39(43)38(37-48-49(45,46)47-36-35-42(3,4)5)41-40(44)34-32-30-28-26-17-15-13-11-9-7-2/h11,13,38-39,43H,6-10,12,14-37H2,1-5H3,(H-,41,44,45,46)/p+1/b13-11-. The molecule has 0 rings (SSSR count). The average Bonchev–Trinajstić information content (AvgIpc) is 3.04. The molecule has 0 aromatic carbocycles. The zero-order valence-electron chi connectivity index (χ0n) is 32.9. The monoisotopic (exact) mass is 718 g/mol. The van der Waals surface area contributed by atoms with Crippen LogP contribution in [0.4, 0.5) is 0 Å². The summed E-state index contributed by atoms with van der Waals surface area (Å²) in [5.74, 6) is -0.156. The number of quaternary nitrogens is 1. The van der Waals surface area contributed by atoms with E-state index in [9.17, 15) is 19.4 Å². The fourth-order valence-corrected chi connectivity index (χ4v) is 6.67. The Morgan fingerprint density at radius 3 is 1.65 bits per heavy atom. The third-order valence-electron chi connectivity index (χ3n) is 9.24. The van der Waals surface area contributed by atoms with Crippen molar-refractivity contribution in [3.63, 3.8) is 0 Å². The summed E-state index contributed by atoms with van der Waals surface area (Å²) in [7, 11) is 1.61. The Hall–Kier alpha value is -0.760. The number of nitrogens with zero attached hydrogens (tertiary/aromatic N) is 1. The number of hydrogen-bond donors (Lipinski definition) is 3. The molecule has 0 spiro atoms. The van der Waals surface area contributed by atoms with Crippen LogP contribution in [0.15, 0.2) is 12.2 Å². The number of carbonyl (C=O) groups is 1. The predicted octanol–water partition coefficient (Wildman–Crippen LogP) is 10.8. The van der Waals surface area contributed by atoms with Crippen LogP contribution in [0.2, 0.25) is 0 Å². The van der Waals surface area contributed by atoms with Crippen LogP contribution < -0.4 is 5.32 Å². The van der Waals surface area contributed by atoms with Gasteiger partial charge in [0, 0.05) is 6.42 Å². The molecule has 3 N–H and O–H groups in total. The number of unbranched alkanes of at least 4 members (excludes halogenated alkanes) is 22. The molecule has 0 saturated heterocycles. The number of hydrogen-bond acceptors (Lipinski definition) is 5. The molecule has 0 fully saturated rings. The average molecular weight is 718 g/mol. The normalized spacial score (nSPS) is 14.7. The van der Waals surface area contributed by atoms with Gasteiger partial charge in [-0.1, -0.05) is 161 Å². The lowest BCUT2D eigenvalue weighted by atomic mass is 10.0. The summed E-state index contributed by atoms with van der Waals surface area (Å²) < 4.78 is 23.5. The smallest absolute Gasteiger partial charge is 0.391 e. The first kappa shape index (κ1) is 48.2. The highest BCUT2D eigenvalue weighted by molar-refractivity contribution is 7.47. The van der Waals surface area contributed by atoms with E-state index in [1.165, 1.54) is 103 Å². The Morgan fingerprint density at radius 2 is 1.14 bits per heavy atom. The highest BCUT2D eigenvalue weighted by atomic mass is 31.2. The van der Waals surface area contributed by atoms with E-state index in [4.69, 9.17) is 9.05 Å². The second kappa shape index (κ2) is 33.1. The zero-order valence-corrected chi connectivity index (χ0v) is 33.8. The van der Waals surface area contributed by atoms with Crippen LogP contribution in [0.3, 0.4) is 0 Å². The quantitative estimate of drug-likeness (QED) is 0.0256. The molecule has 0 aliphatic carbocycles. The number of phosphoric ester groups is 1. The largest absolute Gasteiger partial charge is 0.472 e. The van der Waals surface area contributed by atoms with Gasteiger partial charge in [-0.2, -0.15) is 0 Å². The maximum atomic E-state index is 12.8. The van der Waals surface area contributed by atoms with Crippen molar-refractivity contribution in [3.05, 3.63) is 12.2 Å². The van der Waals surface area contributed by atoms with E-state index >= 15 is 0 Å². The van der Waals surface area contributed by atoms with Gasteiger partial charge < -0.3 is 19.8 Å². The van der Waals surface area contributed by atoms with E-state index in [1.54, 1.807) is 0 Å². The summed E-state index contributed by atoms with van der Waals surface area (Å²) in [4.78, 5) is 23.0. The van der Waals surface area contributed by atoms with Gasteiger partial charge in [-0.25, -0.2) is 4.57 Å². The molecular weight excluding hydrogens is 635 g/mol. The van der Waals surface area contributed by atoms with Gasteiger partial charge in [-0.05, 0) is 32.1 Å². The van der Waals surface area contributed by atoms with Gasteiger partial charge in [-0.3, -0.25) is 13.8 Å². The predicted molar refractivity (Wildman–Crippen MR) is 208 cm³/mol. The number of phosphoric acid groups is 1. The molecule has 0 aromatic rings. The molecule has 0 saturated carbocycles. The second-order valence-corrected chi connectivity index (χ2v) is 16.8. The highest BCUT2D eigenvalue weighted by Gasteiger charge is 2.28. The Labute approximate surface area is 303 Å². The van der Waals surface area contributed by atoms with Crippen LogP contribution in [0, 0.1) is 0 Å². The lowest BCUT2D eigenvalue weighted by Gasteiger charge is -2.26. The Bertz CT molecular complexity index is 819. The van der Waals surface area contributed by atoms with E-state index in [2.05, 4.69) is 31.3 Å². The summed E-state index contributed by atoms with van der Waals surface area (Å²) in [5.41, 5.74) is 0. The third kappa shape index (κ3) is 35.4. The Kier molecular flexibility index (Phi) is 32.6. The van der Waals surface area contributed by atoms with Gasteiger partial charge in [0.2, 0.25) is 5.91 Å². The van der Waals surface area contributed by atoms with Gasteiger partial charge in [0.1, 0.15) is 13.2 Å². The fraction of sp³-hybridized carbons (Fsp3) is 0.925. The van der Waals surface area contributed by atoms with Crippen LogP contribution in [0.1, 0.15) is 187 Å². The van der Waals surface area contributed by atoms with Crippen molar-refractivity contribution in [2.75, 3.05) is 40.9 Å². The number of allylic oxidation sites excluding steroid dienone is 2. The van der Waals surface area contributed by atoms with Crippen LogP contribution in [0.5, 0.6) is 0 Å². The van der Waals surface area contributed by atoms with Crippen LogP contribution >= 0.6 is 7.82 Å². The number of carbonyl (C=O) groups excluding carboxylic acids is 1. The van der Waals surface area contributed by atoms with Crippen LogP contribution in [-0.2, 0) is 18.4 Å². The third-order valence-corrected chi connectivity index (χ3v) is 10.2.